The van der Waals surface area contributed by atoms with Gasteiger partial charge in [-0.05, 0) is 6.42 Å². The van der Waals surface area contributed by atoms with E-state index in [0.29, 0.717) is 13.0 Å². The maximum Gasteiger partial charge on any atom is 0.243 e. The van der Waals surface area contributed by atoms with E-state index < -0.39 is 15.9 Å². The van der Waals surface area contributed by atoms with Crippen molar-refractivity contribution >= 4 is 9.84 Å². The molecule has 0 bridgehead atoms. The molecule has 1 heterocycles. The van der Waals surface area contributed by atoms with Crippen molar-refractivity contribution in [3.8, 4) is 0 Å². The smallest absolute Gasteiger partial charge is 0.243 e. The second-order valence-corrected chi connectivity index (χ2v) is 5.65. The molecule has 0 fully saturated rings. The SMILES string of the molecule is COCCC(N)c1nc(CS(C)(=O)=O)no1. The predicted molar refractivity (Wildman–Crippen MR) is 56.3 cm³/mol. The zero-order valence-electron chi connectivity index (χ0n) is 9.21. The molecule has 8 heteroatoms. The molecule has 0 radical (unpaired) electrons. The highest BCUT2D eigenvalue weighted by atomic mass is 32.2. The summed E-state index contributed by atoms with van der Waals surface area (Å²) in [6.45, 7) is 0.477. The average Bonchev–Trinajstić information content (AvgIpc) is 2.59. The summed E-state index contributed by atoms with van der Waals surface area (Å²) in [6.07, 6.45) is 1.64. The van der Waals surface area contributed by atoms with Gasteiger partial charge in [0.2, 0.25) is 5.89 Å². The predicted octanol–water partition coefficient (Wildman–Crippen LogP) is -0.349. The second-order valence-electron chi connectivity index (χ2n) is 3.51. The van der Waals surface area contributed by atoms with E-state index in [9.17, 15) is 8.42 Å². The van der Waals surface area contributed by atoms with Gasteiger partial charge < -0.3 is 15.0 Å². The third-order valence-electron chi connectivity index (χ3n) is 1.83. The Labute approximate surface area is 93.9 Å². The molecule has 0 spiro atoms. The lowest BCUT2D eigenvalue weighted by Gasteiger charge is -2.04. The number of rotatable bonds is 6. The van der Waals surface area contributed by atoms with E-state index in [-0.39, 0.29) is 17.5 Å². The maximum absolute atomic E-state index is 11.0. The number of nitrogens with two attached hydrogens (primary N) is 1. The van der Waals surface area contributed by atoms with Gasteiger partial charge in [-0.2, -0.15) is 4.98 Å². The molecule has 1 aromatic heterocycles. The van der Waals surface area contributed by atoms with Crippen LogP contribution in [0.25, 0.3) is 0 Å². The highest BCUT2D eigenvalue weighted by Crippen LogP contribution is 2.12. The van der Waals surface area contributed by atoms with Gasteiger partial charge in [-0.1, -0.05) is 5.16 Å². The summed E-state index contributed by atoms with van der Waals surface area (Å²) >= 11 is 0. The largest absolute Gasteiger partial charge is 0.385 e. The van der Waals surface area contributed by atoms with Gasteiger partial charge in [0.05, 0.1) is 6.04 Å². The van der Waals surface area contributed by atoms with Crippen LogP contribution >= 0.6 is 0 Å². The first-order valence-electron chi connectivity index (χ1n) is 4.67. The van der Waals surface area contributed by atoms with Crippen LogP contribution in [0.1, 0.15) is 24.2 Å². The summed E-state index contributed by atoms with van der Waals surface area (Å²) in [5.41, 5.74) is 5.73. The fourth-order valence-corrected chi connectivity index (χ4v) is 1.67. The molecule has 1 rings (SSSR count). The monoisotopic (exact) mass is 249 g/mol. The minimum absolute atomic E-state index is 0.130. The number of methoxy groups -OCH3 is 1. The standard InChI is InChI=1S/C8H15N3O4S/c1-14-4-3-6(9)8-10-7(11-15-8)5-16(2,12)13/h6H,3-5,9H2,1-2H3. The Morgan fingerprint density at radius 1 is 1.56 bits per heavy atom. The van der Waals surface area contributed by atoms with E-state index in [1.165, 1.54) is 0 Å². The molecule has 16 heavy (non-hydrogen) atoms. The van der Waals surface area contributed by atoms with Crippen molar-refractivity contribution in [3.05, 3.63) is 11.7 Å². The molecule has 0 aliphatic heterocycles. The minimum atomic E-state index is -3.16. The van der Waals surface area contributed by atoms with Gasteiger partial charge in [-0.25, -0.2) is 8.42 Å². The van der Waals surface area contributed by atoms with Gasteiger partial charge in [-0.15, -0.1) is 0 Å². The quantitative estimate of drug-likeness (QED) is 0.734. The average molecular weight is 249 g/mol. The molecule has 0 amide bonds. The molecular weight excluding hydrogens is 234 g/mol. The summed E-state index contributed by atoms with van der Waals surface area (Å²) in [4.78, 5) is 3.91. The Bertz CT molecular complexity index is 428. The molecule has 1 aromatic rings. The Morgan fingerprint density at radius 3 is 2.81 bits per heavy atom. The summed E-state index contributed by atoms with van der Waals surface area (Å²) in [7, 11) is -1.59. The summed E-state index contributed by atoms with van der Waals surface area (Å²) in [5, 5.41) is 3.54. The number of ether oxygens (including phenoxy) is 1. The topological polar surface area (TPSA) is 108 Å². The van der Waals surface area contributed by atoms with Crippen molar-refractivity contribution in [2.24, 2.45) is 5.73 Å². The number of hydrogen-bond acceptors (Lipinski definition) is 7. The Hall–Kier alpha value is -0.990. The van der Waals surface area contributed by atoms with Crippen LogP contribution in [-0.4, -0.2) is 38.5 Å². The van der Waals surface area contributed by atoms with E-state index in [4.69, 9.17) is 15.0 Å². The number of nitrogens with zero attached hydrogens (tertiary/aromatic N) is 2. The first-order chi connectivity index (χ1) is 7.42. The van der Waals surface area contributed by atoms with Gasteiger partial charge in [0.1, 0.15) is 5.75 Å². The molecule has 0 saturated heterocycles. The molecule has 0 aliphatic rings. The first kappa shape index (κ1) is 13.1. The van der Waals surface area contributed by atoms with Crippen molar-refractivity contribution in [1.82, 2.24) is 10.1 Å². The molecule has 1 atom stereocenters. The Kier molecular flexibility index (Phi) is 4.39. The van der Waals surface area contributed by atoms with Gasteiger partial charge in [-0.3, -0.25) is 0 Å². The molecule has 7 nitrogen and oxygen atoms in total. The lowest BCUT2D eigenvalue weighted by Crippen LogP contribution is -2.13. The lowest BCUT2D eigenvalue weighted by atomic mass is 10.2. The van der Waals surface area contributed by atoms with Crippen molar-refractivity contribution < 1.29 is 17.7 Å². The Morgan fingerprint density at radius 2 is 2.25 bits per heavy atom. The highest BCUT2D eigenvalue weighted by molar-refractivity contribution is 7.89. The maximum atomic E-state index is 11.0. The number of sulfone groups is 1. The molecular formula is C8H15N3O4S. The van der Waals surface area contributed by atoms with Crippen molar-refractivity contribution in [2.45, 2.75) is 18.2 Å². The first-order valence-corrected chi connectivity index (χ1v) is 6.73. The molecule has 2 N–H and O–H groups in total. The number of aromatic nitrogens is 2. The van der Waals surface area contributed by atoms with Crippen LogP contribution in [0.3, 0.4) is 0 Å². The summed E-state index contributed by atoms with van der Waals surface area (Å²) in [6, 6.07) is -0.430. The summed E-state index contributed by atoms with van der Waals surface area (Å²) < 4.78 is 31.7. The minimum Gasteiger partial charge on any atom is -0.385 e. The van der Waals surface area contributed by atoms with E-state index >= 15 is 0 Å². The Balaban J connectivity index is 2.64. The second kappa shape index (κ2) is 5.37. The van der Waals surface area contributed by atoms with Crippen LogP contribution in [0.2, 0.25) is 0 Å². The fourth-order valence-electron chi connectivity index (χ4n) is 1.08. The molecule has 1 unspecified atom stereocenters. The van der Waals surface area contributed by atoms with Gasteiger partial charge >= 0.3 is 0 Å². The van der Waals surface area contributed by atoms with Crippen LogP contribution in [0.15, 0.2) is 4.52 Å². The van der Waals surface area contributed by atoms with Crippen LogP contribution in [0, 0.1) is 0 Å². The van der Waals surface area contributed by atoms with Crippen LogP contribution in [0.4, 0.5) is 0 Å². The molecule has 0 aliphatic carbocycles. The zero-order valence-corrected chi connectivity index (χ0v) is 10.0. The van der Waals surface area contributed by atoms with Crippen LogP contribution in [0.5, 0.6) is 0 Å². The van der Waals surface area contributed by atoms with Gasteiger partial charge in [0.25, 0.3) is 0 Å². The molecule has 0 aromatic carbocycles. The lowest BCUT2D eigenvalue weighted by molar-refractivity contribution is 0.182. The molecule has 0 saturated carbocycles. The van der Waals surface area contributed by atoms with Crippen molar-refractivity contribution in [1.29, 1.82) is 0 Å². The third kappa shape index (κ3) is 4.25. The van der Waals surface area contributed by atoms with E-state index in [0.717, 1.165) is 6.26 Å². The van der Waals surface area contributed by atoms with Crippen LogP contribution < -0.4 is 5.73 Å². The highest BCUT2D eigenvalue weighted by Gasteiger charge is 2.16. The fraction of sp³-hybridized carbons (Fsp3) is 0.750. The van der Waals surface area contributed by atoms with E-state index in [1.54, 1.807) is 7.11 Å². The van der Waals surface area contributed by atoms with Gasteiger partial charge in [0.15, 0.2) is 15.7 Å². The molecule has 92 valence electrons. The normalized spacial score (nSPS) is 13.9. The zero-order chi connectivity index (χ0) is 12.2. The third-order valence-corrected chi connectivity index (χ3v) is 2.61. The summed E-state index contributed by atoms with van der Waals surface area (Å²) in [5.74, 6) is 0.120. The van der Waals surface area contributed by atoms with Gasteiger partial charge in [0, 0.05) is 20.0 Å². The van der Waals surface area contributed by atoms with Crippen molar-refractivity contribution in [2.75, 3.05) is 20.0 Å². The number of hydrogen-bond donors (Lipinski definition) is 1. The van der Waals surface area contributed by atoms with E-state index in [2.05, 4.69) is 10.1 Å². The van der Waals surface area contributed by atoms with Crippen molar-refractivity contribution in [3.63, 3.8) is 0 Å². The van der Waals surface area contributed by atoms with Crippen LogP contribution in [-0.2, 0) is 20.3 Å². The van der Waals surface area contributed by atoms with E-state index in [1.807, 2.05) is 0 Å².